The minimum absolute atomic E-state index is 0.672. The summed E-state index contributed by atoms with van der Waals surface area (Å²) in [5, 5.41) is 2.01. The van der Waals surface area contributed by atoms with E-state index >= 15 is 4.39 Å². The van der Waals surface area contributed by atoms with Gasteiger partial charge in [-0.3, -0.25) is 0 Å². The zero-order valence-electron chi connectivity index (χ0n) is 13.3. The van der Waals surface area contributed by atoms with Gasteiger partial charge in [-0.05, 0) is 0 Å². The van der Waals surface area contributed by atoms with Gasteiger partial charge in [0.25, 0.3) is 0 Å². The van der Waals surface area contributed by atoms with Crippen molar-refractivity contribution < 1.29 is 18.7 Å². The molecule has 0 heterocycles. The second-order valence-electron chi connectivity index (χ2n) is 5.66. The van der Waals surface area contributed by atoms with E-state index in [9.17, 15) is 9.32 Å². The Morgan fingerprint density at radius 2 is 1.04 bits per heavy atom. The van der Waals surface area contributed by atoms with Gasteiger partial charge in [-0.2, -0.15) is 0 Å². The van der Waals surface area contributed by atoms with Crippen LogP contribution in [0.2, 0.25) is 0 Å². The van der Waals surface area contributed by atoms with Crippen LogP contribution in [0.3, 0.4) is 0 Å². The maximum atomic E-state index is 15.5. The van der Waals surface area contributed by atoms with E-state index in [2.05, 4.69) is 4.94 Å². The summed E-state index contributed by atoms with van der Waals surface area (Å²) in [5.41, 5.74) is 0. The Bertz CT molecular complexity index is 729. The van der Waals surface area contributed by atoms with Gasteiger partial charge in [0.05, 0.1) is 0 Å². The van der Waals surface area contributed by atoms with Crippen LogP contribution in [-0.4, -0.2) is 11.9 Å². The van der Waals surface area contributed by atoms with Crippen molar-refractivity contribution in [3.8, 4) is 0 Å². The van der Waals surface area contributed by atoms with Crippen LogP contribution in [0.4, 0.5) is 8.92 Å². The van der Waals surface area contributed by atoms with E-state index in [0.717, 1.165) is 0 Å². The van der Waals surface area contributed by atoms with Crippen molar-refractivity contribution in [3.05, 3.63) is 91.0 Å². The number of hydrogen-bond donors (Lipinski definition) is 0. The molecule has 0 N–H and O–H groups in total. The van der Waals surface area contributed by atoms with E-state index in [1.165, 1.54) is 0 Å². The minimum atomic E-state index is -3.49. The molecule has 3 rings (SSSR count). The van der Waals surface area contributed by atoms with Crippen LogP contribution in [0.25, 0.3) is 0 Å². The molecule has 5 heteroatoms. The molecule has 0 saturated carbocycles. The van der Waals surface area contributed by atoms with Crippen LogP contribution < -0.4 is 15.9 Å². The van der Waals surface area contributed by atoms with Gasteiger partial charge in [0.2, 0.25) is 0 Å². The molecular formula is C20H17F2O2P. The fraction of sp³-hybridized carbons (Fsp3) is 0.0500. The van der Waals surface area contributed by atoms with Gasteiger partial charge in [0, 0.05) is 0 Å². The molecule has 1 atom stereocenters. The predicted octanol–water partition coefficient (Wildman–Crippen LogP) is 3.44. The number of halogens is 2. The van der Waals surface area contributed by atoms with Crippen LogP contribution in [0.1, 0.15) is 0 Å². The molecule has 0 saturated heterocycles. The Kier molecular flexibility index (Phi) is 5.20. The number of rotatable bonds is 5. The van der Waals surface area contributed by atoms with Crippen LogP contribution in [0.15, 0.2) is 91.0 Å². The Morgan fingerprint density at radius 3 is 1.32 bits per heavy atom. The summed E-state index contributed by atoms with van der Waals surface area (Å²) in [6, 6.07) is 26.9. The van der Waals surface area contributed by atoms with E-state index in [4.69, 9.17) is 0 Å². The van der Waals surface area contributed by atoms with Crippen LogP contribution in [-0.2, 0) is 9.74 Å². The quantitative estimate of drug-likeness (QED) is 0.653. The van der Waals surface area contributed by atoms with Gasteiger partial charge in [0.15, 0.2) is 0 Å². The molecule has 25 heavy (non-hydrogen) atoms. The summed E-state index contributed by atoms with van der Waals surface area (Å²) in [5.74, 6) is -3.62. The first kappa shape index (κ1) is 17.2. The molecule has 0 aliphatic heterocycles. The summed E-state index contributed by atoms with van der Waals surface area (Å²) in [7, 11) is -3.49. The average Bonchev–Trinajstić information content (AvgIpc) is 2.70. The fourth-order valence-electron chi connectivity index (χ4n) is 3.26. The van der Waals surface area contributed by atoms with Gasteiger partial charge in [-0.15, -0.1) is 0 Å². The predicted molar refractivity (Wildman–Crippen MR) is 98.6 cm³/mol. The summed E-state index contributed by atoms with van der Waals surface area (Å²) >= 11 is 0. The molecule has 0 aliphatic carbocycles. The Morgan fingerprint density at radius 1 is 0.720 bits per heavy atom. The topological polar surface area (TPSA) is 26.3 Å². The molecule has 2 nitrogen and oxygen atoms in total. The number of carbonyl (C=O) groups excluding carboxylic acids is 1. The molecule has 128 valence electrons. The van der Waals surface area contributed by atoms with Crippen molar-refractivity contribution in [3.63, 3.8) is 0 Å². The molecule has 1 unspecified atom stereocenters. The second-order valence-corrected chi connectivity index (χ2v) is 9.52. The molecule has 3 aromatic carbocycles. The fourth-order valence-corrected chi connectivity index (χ4v) is 7.69. The standard InChI is InChI=1S/C20H17F2O2P/c21-19(20(23)24-22)25(16-10-4-1-5-11-16,17-12-6-2-7-13-17)18-14-8-3-9-15-18/h1-15,19,25H. The number of hydrogen-bond acceptors (Lipinski definition) is 2. The van der Waals surface area contributed by atoms with Crippen molar-refractivity contribution in [2.24, 2.45) is 0 Å². The first-order valence-corrected chi connectivity index (χ1v) is 9.92. The summed E-state index contributed by atoms with van der Waals surface area (Å²) in [6.07, 6.45) is 0. The summed E-state index contributed by atoms with van der Waals surface area (Å²) < 4.78 is 28.2. The van der Waals surface area contributed by atoms with Crippen molar-refractivity contribution in [1.82, 2.24) is 0 Å². The second kappa shape index (κ2) is 7.54. The molecular weight excluding hydrogens is 341 g/mol. The van der Waals surface area contributed by atoms with E-state index in [0.29, 0.717) is 15.9 Å². The zero-order valence-corrected chi connectivity index (χ0v) is 14.3. The Labute approximate surface area is 145 Å². The molecule has 0 radical (unpaired) electrons. The van der Waals surface area contributed by atoms with Gasteiger partial charge in [0.1, 0.15) is 0 Å². The monoisotopic (exact) mass is 358 g/mol. The maximum absolute atomic E-state index is 15.5. The summed E-state index contributed by atoms with van der Waals surface area (Å²) in [4.78, 5) is 15.2. The van der Waals surface area contributed by atoms with E-state index in [1.807, 2.05) is 18.2 Å². The SMILES string of the molecule is O=C(OF)C(F)[PH](c1ccccc1)(c1ccccc1)c1ccccc1. The van der Waals surface area contributed by atoms with Crippen molar-refractivity contribution in [1.29, 1.82) is 0 Å². The average molecular weight is 358 g/mol. The van der Waals surface area contributed by atoms with Crippen LogP contribution in [0, 0.1) is 0 Å². The molecule has 0 aromatic heterocycles. The zero-order chi connectivity index (χ0) is 17.7. The first-order chi connectivity index (χ1) is 12.2. The van der Waals surface area contributed by atoms with Crippen molar-refractivity contribution in [2.45, 2.75) is 5.91 Å². The third-order valence-corrected chi connectivity index (χ3v) is 9.08. The Hall–Kier alpha value is -2.58. The van der Waals surface area contributed by atoms with Gasteiger partial charge in [-0.1, -0.05) is 0 Å². The molecule has 3 aromatic rings. The Balaban J connectivity index is 2.38. The third kappa shape index (κ3) is 3.06. The van der Waals surface area contributed by atoms with Crippen molar-refractivity contribution >= 4 is 29.1 Å². The first-order valence-electron chi connectivity index (χ1n) is 7.84. The van der Waals surface area contributed by atoms with Gasteiger partial charge < -0.3 is 0 Å². The molecule has 0 fully saturated rings. The van der Waals surface area contributed by atoms with E-state index in [-0.39, 0.29) is 0 Å². The molecule has 0 spiro atoms. The van der Waals surface area contributed by atoms with Crippen molar-refractivity contribution in [2.75, 3.05) is 0 Å². The number of carbonyl (C=O) groups is 1. The molecule has 0 amide bonds. The third-order valence-electron chi connectivity index (χ3n) is 4.35. The van der Waals surface area contributed by atoms with E-state index in [1.54, 1.807) is 72.8 Å². The van der Waals surface area contributed by atoms with Crippen LogP contribution >= 0.6 is 7.26 Å². The van der Waals surface area contributed by atoms with Crippen LogP contribution in [0.5, 0.6) is 0 Å². The van der Waals surface area contributed by atoms with E-state index < -0.39 is 19.1 Å². The van der Waals surface area contributed by atoms with Gasteiger partial charge >= 0.3 is 145 Å². The number of alkyl halides is 1. The molecule has 0 aliphatic rings. The molecule has 0 bridgehead atoms. The number of benzene rings is 3. The normalized spacial score (nSPS) is 13.0. The van der Waals surface area contributed by atoms with Gasteiger partial charge in [-0.25, -0.2) is 0 Å². The summed E-state index contributed by atoms with van der Waals surface area (Å²) in [6.45, 7) is 0.